The first-order valence-electron chi connectivity index (χ1n) is 11.2. The van der Waals surface area contributed by atoms with Crippen LogP contribution in [0.2, 0.25) is 0 Å². The lowest BCUT2D eigenvalue weighted by atomic mass is 10.1. The van der Waals surface area contributed by atoms with Gasteiger partial charge in [-0.05, 0) is 75.2 Å². The SMILES string of the molecule is Cc1ccc(C(=O)OC(C(=O)O)C(OC(=O)c2ccc(C)cc2)C(=O)Nc2ccc(C)c(C)c2)cc1. The number of carboxylic acid groups (broad SMARTS) is 1. The number of hydrogen-bond donors (Lipinski definition) is 2. The average molecular weight is 490 g/mol. The van der Waals surface area contributed by atoms with Crippen molar-refractivity contribution in [2.75, 3.05) is 5.32 Å². The van der Waals surface area contributed by atoms with Gasteiger partial charge >= 0.3 is 17.9 Å². The first kappa shape index (κ1) is 26.2. The molecule has 0 aromatic heterocycles. The third-order valence-electron chi connectivity index (χ3n) is 5.59. The predicted molar refractivity (Wildman–Crippen MR) is 133 cm³/mol. The summed E-state index contributed by atoms with van der Waals surface area (Å²) in [6.07, 6.45) is -4.06. The Kier molecular flexibility index (Phi) is 8.22. The van der Waals surface area contributed by atoms with Crippen molar-refractivity contribution in [3.8, 4) is 0 Å². The van der Waals surface area contributed by atoms with E-state index in [-0.39, 0.29) is 11.1 Å². The molecule has 3 rings (SSSR count). The number of aryl methyl sites for hydroxylation is 4. The molecule has 3 aromatic carbocycles. The highest BCUT2D eigenvalue weighted by Crippen LogP contribution is 2.18. The molecular weight excluding hydrogens is 462 g/mol. The van der Waals surface area contributed by atoms with Crippen LogP contribution in [0, 0.1) is 27.7 Å². The molecule has 2 unspecified atom stereocenters. The summed E-state index contributed by atoms with van der Waals surface area (Å²) in [5, 5.41) is 12.4. The van der Waals surface area contributed by atoms with Crippen LogP contribution >= 0.6 is 0 Å². The topological polar surface area (TPSA) is 119 Å². The number of benzene rings is 3. The van der Waals surface area contributed by atoms with Crippen LogP contribution in [0.4, 0.5) is 5.69 Å². The molecule has 186 valence electrons. The van der Waals surface area contributed by atoms with Gasteiger partial charge in [-0.1, -0.05) is 41.5 Å². The van der Waals surface area contributed by atoms with Crippen molar-refractivity contribution in [3.63, 3.8) is 0 Å². The van der Waals surface area contributed by atoms with Crippen LogP contribution in [0.15, 0.2) is 66.7 Å². The minimum atomic E-state index is -2.10. The highest BCUT2D eigenvalue weighted by molar-refractivity contribution is 6.01. The Morgan fingerprint density at radius 2 is 1.14 bits per heavy atom. The Labute approximate surface area is 208 Å². The number of ether oxygens (including phenoxy) is 2. The van der Waals surface area contributed by atoms with E-state index in [4.69, 9.17) is 9.47 Å². The van der Waals surface area contributed by atoms with Crippen molar-refractivity contribution in [3.05, 3.63) is 100 Å². The lowest BCUT2D eigenvalue weighted by Gasteiger charge is -2.24. The number of carboxylic acids is 1. The maximum Gasteiger partial charge on any atom is 0.349 e. The zero-order chi connectivity index (χ0) is 26.4. The normalized spacial score (nSPS) is 12.2. The second-order valence-corrected chi connectivity index (χ2v) is 8.51. The van der Waals surface area contributed by atoms with E-state index in [1.807, 2.05) is 27.7 Å². The molecule has 0 saturated carbocycles. The van der Waals surface area contributed by atoms with Gasteiger partial charge in [-0.3, -0.25) is 4.79 Å². The van der Waals surface area contributed by atoms with Gasteiger partial charge in [-0.2, -0.15) is 0 Å². The second kappa shape index (κ2) is 11.3. The van der Waals surface area contributed by atoms with Gasteiger partial charge in [0.2, 0.25) is 12.2 Å². The van der Waals surface area contributed by atoms with Gasteiger partial charge in [0.25, 0.3) is 5.91 Å². The Morgan fingerprint density at radius 3 is 1.58 bits per heavy atom. The number of hydrogen-bond acceptors (Lipinski definition) is 6. The fourth-order valence-electron chi connectivity index (χ4n) is 3.27. The summed E-state index contributed by atoms with van der Waals surface area (Å²) < 4.78 is 10.5. The van der Waals surface area contributed by atoms with Crippen molar-refractivity contribution in [2.24, 2.45) is 0 Å². The lowest BCUT2D eigenvalue weighted by Crippen LogP contribution is -2.48. The molecule has 0 aliphatic rings. The Bertz CT molecular complexity index is 1280. The molecule has 0 aliphatic heterocycles. The number of anilines is 1. The van der Waals surface area contributed by atoms with Crippen molar-refractivity contribution in [1.29, 1.82) is 0 Å². The summed E-state index contributed by atoms with van der Waals surface area (Å²) >= 11 is 0. The van der Waals surface area contributed by atoms with Gasteiger partial charge < -0.3 is 19.9 Å². The minimum Gasteiger partial charge on any atom is -0.478 e. The molecular formula is C28H27NO7. The molecule has 8 nitrogen and oxygen atoms in total. The molecule has 0 spiro atoms. The molecule has 2 N–H and O–H groups in total. The van der Waals surface area contributed by atoms with Gasteiger partial charge in [0.1, 0.15) is 0 Å². The summed E-state index contributed by atoms with van der Waals surface area (Å²) in [6.45, 7) is 7.41. The zero-order valence-corrected chi connectivity index (χ0v) is 20.4. The first-order valence-corrected chi connectivity index (χ1v) is 11.2. The average Bonchev–Trinajstić information content (AvgIpc) is 2.84. The number of carbonyl (C=O) groups is 4. The molecule has 0 fully saturated rings. The number of rotatable bonds is 8. The monoisotopic (exact) mass is 489 g/mol. The van der Waals surface area contributed by atoms with Gasteiger partial charge in [-0.25, -0.2) is 14.4 Å². The molecule has 8 heteroatoms. The molecule has 0 saturated heterocycles. The third kappa shape index (κ3) is 6.56. The van der Waals surface area contributed by atoms with E-state index in [0.717, 1.165) is 22.3 Å². The largest absolute Gasteiger partial charge is 0.478 e. The standard InChI is InChI=1S/C28H27NO7/c1-16-5-10-20(11-6-16)27(33)35-23(25(30)29-22-14-9-18(3)19(4)15-22)24(26(31)32)36-28(34)21-12-7-17(2)8-13-21/h5-15,23-24H,1-4H3,(H,29,30)(H,31,32). The number of amides is 1. The number of carbonyl (C=O) groups excluding carboxylic acids is 3. The van der Waals surface area contributed by atoms with Crippen LogP contribution in [-0.2, 0) is 19.1 Å². The predicted octanol–water partition coefficient (Wildman–Crippen LogP) is 4.39. The van der Waals surface area contributed by atoms with Crippen LogP contribution < -0.4 is 5.32 Å². The van der Waals surface area contributed by atoms with Crippen LogP contribution in [0.1, 0.15) is 43.0 Å². The molecule has 36 heavy (non-hydrogen) atoms. The Morgan fingerprint density at radius 1 is 0.667 bits per heavy atom. The number of aliphatic carboxylic acids is 1. The molecule has 0 radical (unpaired) electrons. The van der Waals surface area contributed by atoms with Gasteiger partial charge in [0.05, 0.1) is 11.1 Å². The van der Waals surface area contributed by atoms with E-state index in [9.17, 15) is 24.3 Å². The fourth-order valence-corrected chi connectivity index (χ4v) is 3.27. The molecule has 0 aliphatic carbocycles. The number of esters is 2. The smallest absolute Gasteiger partial charge is 0.349 e. The highest BCUT2D eigenvalue weighted by atomic mass is 16.6. The van der Waals surface area contributed by atoms with E-state index >= 15 is 0 Å². The van der Waals surface area contributed by atoms with Crippen molar-refractivity contribution < 1.29 is 33.8 Å². The van der Waals surface area contributed by atoms with E-state index in [1.165, 1.54) is 24.3 Å². The van der Waals surface area contributed by atoms with E-state index in [0.29, 0.717) is 5.69 Å². The molecule has 0 bridgehead atoms. The van der Waals surface area contributed by atoms with Crippen LogP contribution in [0.25, 0.3) is 0 Å². The van der Waals surface area contributed by atoms with Gasteiger partial charge in [0.15, 0.2) is 0 Å². The van der Waals surface area contributed by atoms with Crippen LogP contribution in [-0.4, -0.2) is 41.1 Å². The van der Waals surface area contributed by atoms with E-state index < -0.39 is 36.0 Å². The fraction of sp³-hybridized carbons (Fsp3) is 0.214. The van der Waals surface area contributed by atoms with E-state index in [2.05, 4.69) is 5.32 Å². The maximum atomic E-state index is 13.2. The molecule has 0 heterocycles. The maximum absolute atomic E-state index is 13.2. The second-order valence-electron chi connectivity index (χ2n) is 8.51. The summed E-state index contributed by atoms with van der Waals surface area (Å²) in [5.41, 5.74) is 4.23. The first-order chi connectivity index (χ1) is 17.0. The van der Waals surface area contributed by atoms with Gasteiger partial charge in [0, 0.05) is 5.69 Å². The van der Waals surface area contributed by atoms with Crippen molar-refractivity contribution >= 4 is 29.5 Å². The Hall–Kier alpha value is -4.46. The lowest BCUT2D eigenvalue weighted by molar-refractivity contribution is -0.157. The van der Waals surface area contributed by atoms with Crippen molar-refractivity contribution in [2.45, 2.75) is 39.9 Å². The van der Waals surface area contributed by atoms with Crippen LogP contribution in [0.5, 0.6) is 0 Å². The third-order valence-corrected chi connectivity index (χ3v) is 5.59. The summed E-state index contributed by atoms with van der Waals surface area (Å²) in [6, 6.07) is 17.7. The van der Waals surface area contributed by atoms with Crippen molar-refractivity contribution in [1.82, 2.24) is 0 Å². The van der Waals surface area contributed by atoms with Gasteiger partial charge in [-0.15, -0.1) is 0 Å². The summed E-state index contributed by atoms with van der Waals surface area (Å²) in [5.74, 6) is -4.51. The summed E-state index contributed by atoms with van der Waals surface area (Å²) in [7, 11) is 0. The van der Waals surface area contributed by atoms with E-state index in [1.54, 1.807) is 42.5 Å². The zero-order valence-electron chi connectivity index (χ0n) is 20.4. The Balaban J connectivity index is 1.92. The molecule has 2 atom stereocenters. The quantitative estimate of drug-likeness (QED) is 0.450. The molecule has 1 amide bonds. The minimum absolute atomic E-state index is 0.0880. The van der Waals surface area contributed by atoms with Crippen LogP contribution in [0.3, 0.4) is 0 Å². The summed E-state index contributed by atoms with van der Waals surface area (Å²) in [4.78, 5) is 50.8. The number of nitrogens with one attached hydrogen (secondary N) is 1. The molecule has 3 aromatic rings. The highest BCUT2D eigenvalue weighted by Gasteiger charge is 2.41.